The quantitative estimate of drug-likeness (QED) is 0.807. The number of carbonyl (C=O) groups is 2. The number of likely N-dealkylation sites (N-methyl/N-ethyl adjacent to an activating group) is 1. The topological polar surface area (TPSA) is 61.4 Å². The summed E-state index contributed by atoms with van der Waals surface area (Å²) in [6, 6.07) is 7.66. The van der Waals surface area contributed by atoms with Gasteiger partial charge in [0, 0.05) is 30.4 Å². The van der Waals surface area contributed by atoms with E-state index in [2.05, 4.69) is 10.6 Å². The van der Waals surface area contributed by atoms with Crippen LogP contribution in [-0.4, -0.2) is 42.4 Å². The van der Waals surface area contributed by atoms with Crippen LogP contribution in [0.4, 0.5) is 5.69 Å². The lowest BCUT2D eigenvalue weighted by Gasteiger charge is -2.23. The molecule has 0 saturated heterocycles. The molecule has 2 amide bonds. The first-order valence-corrected chi connectivity index (χ1v) is 9.06. The summed E-state index contributed by atoms with van der Waals surface area (Å²) in [6.07, 6.45) is 5.80. The van der Waals surface area contributed by atoms with Gasteiger partial charge in [0.05, 0.1) is 6.54 Å². The Kier molecular flexibility index (Phi) is 7.09. The lowest BCUT2D eigenvalue weighted by molar-refractivity contribution is -0.128. The monoisotopic (exact) mass is 331 g/mol. The van der Waals surface area contributed by atoms with E-state index in [0.29, 0.717) is 24.7 Å². The fourth-order valence-electron chi connectivity index (χ4n) is 3.15. The molecule has 1 saturated carbocycles. The number of benzene rings is 1. The van der Waals surface area contributed by atoms with Crippen LogP contribution in [-0.2, 0) is 4.79 Å². The van der Waals surface area contributed by atoms with E-state index in [0.717, 1.165) is 18.5 Å². The van der Waals surface area contributed by atoms with Crippen molar-refractivity contribution < 1.29 is 9.59 Å². The van der Waals surface area contributed by atoms with E-state index in [4.69, 9.17) is 0 Å². The van der Waals surface area contributed by atoms with Gasteiger partial charge in [-0.2, -0.15) is 0 Å². The van der Waals surface area contributed by atoms with E-state index < -0.39 is 0 Å². The summed E-state index contributed by atoms with van der Waals surface area (Å²) in [4.78, 5) is 26.2. The standard InChI is InChI=1S/C19H29N3O2/c1-3-22(4-2)18(23)14-20-17-12-8-9-15(13-17)19(24)21-16-10-6-5-7-11-16/h8-9,12-13,16,20H,3-7,10-11,14H2,1-2H3,(H,21,24). The maximum atomic E-state index is 12.4. The molecule has 1 aliphatic carbocycles. The molecule has 0 aliphatic heterocycles. The lowest BCUT2D eigenvalue weighted by Crippen LogP contribution is -2.36. The predicted molar refractivity (Wildman–Crippen MR) is 97.2 cm³/mol. The van der Waals surface area contributed by atoms with Crippen LogP contribution in [0.25, 0.3) is 0 Å². The highest BCUT2D eigenvalue weighted by molar-refractivity contribution is 5.95. The van der Waals surface area contributed by atoms with Crippen molar-refractivity contribution in [1.82, 2.24) is 10.2 Å². The summed E-state index contributed by atoms with van der Waals surface area (Å²) in [5.41, 5.74) is 1.44. The van der Waals surface area contributed by atoms with Gasteiger partial charge in [0.15, 0.2) is 0 Å². The van der Waals surface area contributed by atoms with Gasteiger partial charge in [0.25, 0.3) is 5.91 Å². The van der Waals surface area contributed by atoms with Crippen LogP contribution in [0, 0.1) is 0 Å². The van der Waals surface area contributed by atoms with Crippen LogP contribution >= 0.6 is 0 Å². The molecular formula is C19H29N3O2. The minimum absolute atomic E-state index is 0.0272. The molecule has 1 aliphatic rings. The number of amides is 2. The Labute approximate surface area is 144 Å². The number of carbonyl (C=O) groups excluding carboxylic acids is 2. The maximum Gasteiger partial charge on any atom is 0.251 e. The van der Waals surface area contributed by atoms with Crippen LogP contribution in [0.3, 0.4) is 0 Å². The summed E-state index contributed by atoms with van der Waals surface area (Å²) in [6.45, 7) is 5.60. The molecular weight excluding hydrogens is 302 g/mol. The average Bonchev–Trinajstić information content (AvgIpc) is 2.62. The SMILES string of the molecule is CCN(CC)C(=O)CNc1cccc(C(=O)NC2CCCCC2)c1. The van der Waals surface area contributed by atoms with Crippen molar-refractivity contribution in [1.29, 1.82) is 0 Å². The van der Waals surface area contributed by atoms with E-state index in [9.17, 15) is 9.59 Å². The van der Waals surface area contributed by atoms with E-state index in [-0.39, 0.29) is 18.4 Å². The lowest BCUT2D eigenvalue weighted by atomic mass is 9.95. The van der Waals surface area contributed by atoms with Crippen molar-refractivity contribution in [3.05, 3.63) is 29.8 Å². The number of nitrogens with one attached hydrogen (secondary N) is 2. The van der Waals surface area contributed by atoms with E-state index in [1.54, 1.807) is 4.90 Å². The van der Waals surface area contributed by atoms with Crippen molar-refractivity contribution in [2.24, 2.45) is 0 Å². The minimum atomic E-state index is -0.0272. The summed E-state index contributed by atoms with van der Waals surface area (Å²) in [5, 5.41) is 6.24. The Balaban J connectivity index is 1.90. The molecule has 0 spiro atoms. The van der Waals surface area contributed by atoms with Gasteiger partial charge in [0.1, 0.15) is 0 Å². The Morgan fingerprint density at radius 1 is 1.12 bits per heavy atom. The molecule has 2 N–H and O–H groups in total. The van der Waals surface area contributed by atoms with Gasteiger partial charge >= 0.3 is 0 Å². The second-order valence-electron chi connectivity index (χ2n) is 6.31. The van der Waals surface area contributed by atoms with E-state index in [1.165, 1.54) is 19.3 Å². The van der Waals surface area contributed by atoms with Gasteiger partial charge in [0.2, 0.25) is 5.91 Å². The van der Waals surface area contributed by atoms with Crippen molar-refractivity contribution in [3.8, 4) is 0 Å². The highest BCUT2D eigenvalue weighted by atomic mass is 16.2. The van der Waals surface area contributed by atoms with Crippen LogP contribution in [0.5, 0.6) is 0 Å². The highest BCUT2D eigenvalue weighted by Crippen LogP contribution is 2.18. The molecule has 0 atom stereocenters. The van der Waals surface area contributed by atoms with Crippen molar-refractivity contribution >= 4 is 17.5 Å². The fourth-order valence-corrected chi connectivity index (χ4v) is 3.15. The normalized spacial score (nSPS) is 14.9. The number of hydrogen-bond acceptors (Lipinski definition) is 3. The summed E-state index contributed by atoms with van der Waals surface area (Å²) < 4.78 is 0. The number of anilines is 1. The largest absolute Gasteiger partial charge is 0.376 e. The fraction of sp³-hybridized carbons (Fsp3) is 0.579. The third kappa shape index (κ3) is 5.25. The molecule has 1 aromatic carbocycles. The molecule has 1 fully saturated rings. The molecule has 24 heavy (non-hydrogen) atoms. The van der Waals surface area contributed by atoms with Gasteiger partial charge in [-0.3, -0.25) is 9.59 Å². The van der Waals surface area contributed by atoms with E-state index in [1.807, 2.05) is 38.1 Å². The first kappa shape index (κ1) is 18.3. The Hall–Kier alpha value is -2.04. The van der Waals surface area contributed by atoms with Crippen molar-refractivity contribution in [2.45, 2.75) is 52.0 Å². The van der Waals surface area contributed by atoms with Crippen LogP contribution in [0.2, 0.25) is 0 Å². The number of rotatable bonds is 7. The smallest absolute Gasteiger partial charge is 0.251 e. The number of hydrogen-bond donors (Lipinski definition) is 2. The molecule has 1 aromatic rings. The van der Waals surface area contributed by atoms with Gasteiger partial charge < -0.3 is 15.5 Å². The number of nitrogens with zero attached hydrogens (tertiary/aromatic N) is 1. The third-order valence-corrected chi connectivity index (χ3v) is 4.63. The van der Waals surface area contributed by atoms with Gasteiger partial charge in [-0.15, -0.1) is 0 Å². The first-order valence-electron chi connectivity index (χ1n) is 9.06. The zero-order valence-corrected chi connectivity index (χ0v) is 14.8. The van der Waals surface area contributed by atoms with E-state index >= 15 is 0 Å². The van der Waals surface area contributed by atoms with Gasteiger partial charge in [-0.1, -0.05) is 25.3 Å². The predicted octanol–water partition coefficient (Wildman–Crippen LogP) is 3.03. The zero-order valence-electron chi connectivity index (χ0n) is 14.8. The third-order valence-electron chi connectivity index (χ3n) is 4.63. The molecule has 0 aromatic heterocycles. The highest BCUT2D eigenvalue weighted by Gasteiger charge is 2.17. The summed E-state index contributed by atoms with van der Waals surface area (Å²) in [7, 11) is 0. The zero-order chi connectivity index (χ0) is 17.4. The van der Waals surface area contributed by atoms with Crippen LogP contribution < -0.4 is 10.6 Å². The van der Waals surface area contributed by atoms with Crippen molar-refractivity contribution in [3.63, 3.8) is 0 Å². The molecule has 0 heterocycles. The Morgan fingerprint density at radius 2 is 1.83 bits per heavy atom. The molecule has 0 unspecified atom stereocenters. The molecule has 0 radical (unpaired) electrons. The summed E-state index contributed by atoms with van der Waals surface area (Å²) >= 11 is 0. The van der Waals surface area contributed by atoms with Crippen LogP contribution in [0.1, 0.15) is 56.3 Å². The average molecular weight is 331 g/mol. The van der Waals surface area contributed by atoms with Gasteiger partial charge in [-0.05, 0) is 44.9 Å². The van der Waals surface area contributed by atoms with Gasteiger partial charge in [-0.25, -0.2) is 0 Å². The summed E-state index contributed by atoms with van der Waals surface area (Å²) in [5.74, 6) is 0.0395. The second-order valence-corrected chi connectivity index (χ2v) is 6.31. The Morgan fingerprint density at radius 3 is 2.50 bits per heavy atom. The molecule has 5 nitrogen and oxygen atoms in total. The van der Waals surface area contributed by atoms with Crippen LogP contribution in [0.15, 0.2) is 24.3 Å². The van der Waals surface area contributed by atoms with Crippen molar-refractivity contribution in [2.75, 3.05) is 25.0 Å². The molecule has 5 heteroatoms. The second kappa shape index (κ2) is 9.30. The maximum absolute atomic E-state index is 12.4. The molecule has 132 valence electrons. The first-order chi connectivity index (χ1) is 11.6. The minimum Gasteiger partial charge on any atom is -0.376 e. The molecule has 2 rings (SSSR count). The Bertz CT molecular complexity index is 549. The molecule has 0 bridgehead atoms.